The summed E-state index contributed by atoms with van der Waals surface area (Å²) in [6.07, 6.45) is 15.1. The first-order chi connectivity index (χ1) is 14.8. The van der Waals surface area contributed by atoms with Crippen molar-refractivity contribution in [2.24, 2.45) is 20.8 Å². The van der Waals surface area contributed by atoms with Crippen molar-refractivity contribution in [2.45, 2.75) is 44.6 Å². The van der Waals surface area contributed by atoms with Crippen LogP contribution in [-0.4, -0.2) is 55.1 Å². The summed E-state index contributed by atoms with van der Waals surface area (Å²) >= 11 is 6.33. The highest BCUT2D eigenvalue weighted by Gasteiger charge is 2.60. The molecular formula is C24H29ClN4O2. The number of ether oxygens (including phenoxy) is 2. The first-order valence-corrected chi connectivity index (χ1v) is 11.3. The van der Waals surface area contributed by atoms with Crippen LogP contribution in [0.5, 0.6) is 0 Å². The molecule has 31 heavy (non-hydrogen) atoms. The number of hydrogen-bond donors (Lipinski definition) is 0. The van der Waals surface area contributed by atoms with Crippen molar-refractivity contribution in [1.29, 1.82) is 0 Å². The number of aromatic nitrogens is 1. The summed E-state index contributed by atoms with van der Waals surface area (Å²) < 4.78 is 12.1. The Kier molecular flexibility index (Phi) is 4.88. The van der Waals surface area contributed by atoms with Gasteiger partial charge in [-0.3, -0.25) is 4.98 Å². The van der Waals surface area contributed by atoms with Crippen molar-refractivity contribution in [3.05, 3.63) is 47.0 Å². The highest BCUT2D eigenvalue weighted by molar-refractivity contribution is 6.30. The lowest BCUT2D eigenvalue weighted by atomic mass is 9.47. The Labute approximate surface area is 188 Å². The second-order valence-corrected chi connectivity index (χ2v) is 10.3. The van der Waals surface area contributed by atoms with Crippen molar-refractivity contribution in [1.82, 2.24) is 9.88 Å². The Hall–Kier alpha value is -2.34. The molecule has 6 nitrogen and oxygen atoms in total. The molecule has 3 atom stereocenters. The van der Waals surface area contributed by atoms with Gasteiger partial charge in [0.05, 0.1) is 24.2 Å². The molecule has 2 aliphatic carbocycles. The Bertz CT molecular complexity index is 1020. The van der Waals surface area contributed by atoms with E-state index in [2.05, 4.69) is 23.0 Å². The topological polar surface area (TPSA) is 59.3 Å². The molecule has 2 aliphatic heterocycles. The van der Waals surface area contributed by atoms with Crippen LogP contribution in [0.15, 0.2) is 46.4 Å². The van der Waals surface area contributed by atoms with Crippen molar-refractivity contribution in [3.63, 3.8) is 0 Å². The minimum absolute atomic E-state index is 0.0243. The fraction of sp³-hybridized carbons (Fsp3) is 0.542. The standard InChI is InChI=1S/C24H29ClN4O2/c1-22-6-4-5-7-24(22)13-23(15-31-21(28-23)27-16-29(2)3)9-19(20(24)12-30-14-22)17-8-18(25)11-26-10-17/h8-12,16H,4-7,13-15H2,1-3H3/b27-16+/t22-,23?,24?/m0/s1. The molecule has 2 unspecified atom stereocenters. The van der Waals surface area contributed by atoms with Gasteiger partial charge in [0.15, 0.2) is 0 Å². The van der Waals surface area contributed by atoms with Crippen LogP contribution < -0.4 is 0 Å². The van der Waals surface area contributed by atoms with Gasteiger partial charge >= 0.3 is 6.02 Å². The maximum Gasteiger partial charge on any atom is 0.314 e. The number of aliphatic imine (C=N–C) groups is 2. The highest BCUT2D eigenvalue weighted by atomic mass is 35.5. The van der Waals surface area contributed by atoms with E-state index in [0.717, 1.165) is 37.0 Å². The van der Waals surface area contributed by atoms with E-state index in [9.17, 15) is 0 Å². The van der Waals surface area contributed by atoms with Gasteiger partial charge in [0, 0.05) is 48.5 Å². The molecule has 0 amide bonds. The normalized spacial score (nSPS) is 34.3. The first kappa shape index (κ1) is 20.6. The summed E-state index contributed by atoms with van der Waals surface area (Å²) in [6, 6.07) is 2.43. The zero-order valence-corrected chi connectivity index (χ0v) is 19.2. The molecule has 1 aromatic heterocycles. The second-order valence-electron chi connectivity index (χ2n) is 9.81. The monoisotopic (exact) mass is 440 g/mol. The molecule has 7 heteroatoms. The summed E-state index contributed by atoms with van der Waals surface area (Å²) in [7, 11) is 3.87. The Morgan fingerprint density at radius 2 is 2.03 bits per heavy atom. The summed E-state index contributed by atoms with van der Waals surface area (Å²) in [5, 5.41) is 0.623. The SMILES string of the molecule is CN(C)/C=N/C1=NC2(C=C(c3cncc(Cl)c3)C3=COC[C@]4(C)CCCCC34C2)CO1. The summed E-state index contributed by atoms with van der Waals surface area (Å²) in [5.74, 6) is 0. The van der Waals surface area contributed by atoms with Crippen molar-refractivity contribution in [3.8, 4) is 0 Å². The van der Waals surface area contributed by atoms with Crippen LogP contribution >= 0.6 is 11.6 Å². The fourth-order valence-electron chi connectivity index (χ4n) is 5.85. The van der Waals surface area contributed by atoms with E-state index >= 15 is 0 Å². The molecule has 0 bridgehead atoms. The molecular weight excluding hydrogens is 412 g/mol. The lowest BCUT2D eigenvalue weighted by molar-refractivity contribution is -0.0589. The molecule has 0 N–H and O–H groups in total. The maximum atomic E-state index is 6.33. The molecule has 0 aromatic carbocycles. The molecule has 4 aliphatic rings. The fourth-order valence-corrected chi connectivity index (χ4v) is 6.03. The third-order valence-electron chi connectivity index (χ3n) is 7.35. The van der Waals surface area contributed by atoms with Gasteiger partial charge < -0.3 is 14.4 Å². The second kappa shape index (κ2) is 7.37. The largest absolute Gasteiger partial charge is 0.500 e. The number of amidine groups is 1. The minimum Gasteiger partial charge on any atom is -0.500 e. The molecule has 3 heterocycles. The lowest BCUT2D eigenvalue weighted by Gasteiger charge is -2.59. The van der Waals surface area contributed by atoms with Crippen LogP contribution in [0.25, 0.3) is 5.57 Å². The Morgan fingerprint density at radius 3 is 2.84 bits per heavy atom. The quantitative estimate of drug-likeness (QED) is 0.493. The smallest absolute Gasteiger partial charge is 0.314 e. The average molecular weight is 441 g/mol. The zero-order chi connectivity index (χ0) is 21.7. The number of pyridine rings is 1. The van der Waals surface area contributed by atoms with Gasteiger partial charge in [0.2, 0.25) is 0 Å². The van der Waals surface area contributed by atoms with Crippen molar-refractivity contribution >= 4 is 29.5 Å². The van der Waals surface area contributed by atoms with Gasteiger partial charge in [0.25, 0.3) is 0 Å². The molecule has 5 rings (SSSR count). The highest BCUT2D eigenvalue weighted by Crippen LogP contribution is 2.65. The van der Waals surface area contributed by atoms with E-state index in [0.29, 0.717) is 17.7 Å². The molecule has 1 fully saturated rings. The molecule has 1 saturated carbocycles. The number of halogens is 1. The van der Waals surface area contributed by atoms with Gasteiger partial charge in [-0.15, -0.1) is 0 Å². The van der Waals surface area contributed by atoms with Gasteiger partial charge in [-0.25, -0.2) is 4.99 Å². The third-order valence-corrected chi connectivity index (χ3v) is 7.56. The molecule has 164 valence electrons. The summed E-state index contributed by atoms with van der Waals surface area (Å²) in [6.45, 7) is 3.62. The Balaban J connectivity index is 1.68. The van der Waals surface area contributed by atoms with Crippen LogP contribution in [-0.2, 0) is 9.47 Å². The molecule has 0 saturated heterocycles. The number of hydrogen-bond acceptors (Lipinski definition) is 5. The molecule has 0 radical (unpaired) electrons. The van der Waals surface area contributed by atoms with E-state index in [1.165, 1.54) is 18.4 Å². The predicted molar refractivity (Wildman–Crippen MR) is 123 cm³/mol. The van der Waals surface area contributed by atoms with Crippen LogP contribution in [0.3, 0.4) is 0 Å². The predicted octanol–water partition coefficient (Wildman–Crippen LogP) is 4.72. The van der Waals surface area contributed by atoms with Crippen molar-refractivity contribution in [2.75, 3.05) is 27.3 Å². The molecule has 2 spiro atoms. The van der Waals surface area contributed by atoms with Gasteiger partial charge in [0.1, 0.15) is 12.1 Å². The number of allylic oxidation sites excluding steroid dienone is 2. The van der Waals surface area contributed by atoms with E-state index in [1.807, 2.05) is 37.5 Å². The van der Waals surface area contributed by atoms with Gasteiger partial charge in [-0.2, -0.15) is 4.99 Å². The zero-order valence-electron chi connectivity index (χ0n) is 18.4. The van der Waals surface area contributed by atoms with Crippen molar-refractivity contribution < 1.29 is 9.47 Å². The Morgan fingerprint density at radius 1 is 1.19 bits per heavy atom. The first-order valence-electron chi connectivity index (χ1n) is 10.9. The maximum absolute atomic E-state index is 6.33. The van der Waals surface area contributed by atoms with Crippen LogP contribution in [0.1, 0.15) is 44.6 Å². The third kappa shape index (κ3) is 3.36. The number of rotatable bonds is 2. The van der Waals surface area contributed by atoms with Crippen LogP contribution in [0.4, 0.5) is 0 Å². The summed E-state index contributed by atoms with van der Waals surface area (Å²) in [5.41, 5.74) is 2.94. The van der Waals surface area contributed by atoms with Crippen LogP contribution in [0, 0.1) is 10.8 Å². The van der Waals surface area contributed by atoms with E-state index in [-0.39, 0.29) is 10.8 Å². The lowest BCUT2D eigenvalue weighted by Crippen LogP contribution is -2.54. The van der Waals surface area contributed by atoms with E-state index in [4.69, 9.17) is 26.1 Å². The average Bonchev–Trinajstić information content (AvgIpc) is 3.12. The van der Waals surface area contributed by atoms with E-state index < -0.39 is 5.54 Å². The number of nitrogens with zero attached hydrogens (tertiary/aromatic N) is 4. The molecule has 1 aromatic rings. The minimum atomic E-state index is -0.454. The van der Waals surface area contributed by atoms with Gasteiger partial charge in [-0.05, 0) is 37.0 Å². The summed E-state index contributed by atoms with van der Waals surface area (Å²) in [4.78, 5) is 15.7. The van der Waals surface area contributed by atoms with Crippen LogP contribution in [0.2, 0.25) is 5.02 Å². The van der Waals surface area contributed by atoms with E-state index in [1.54, 1.807) is 12.5 Å². The van der Waals surface area contributed by atoms with Gasteiger partial charge in [-0.1, -0.05) is 31.4 Å².